The molecule has 0 radical (unpaired) electrons. The summed E-state index contributed by atoms with van der Waals surface area (Å²) in [6.07, 6.45) is 2.39. The van der Waals surface area contributed by atoms with Gasteiger partial charge in [-0.05, 0) is 37.1 Å². The zero-order chi connectivity index (χ0) is 13.7. The number of aryl methyl sites for hydroxylation is 1. The molecule has 20 heavy (non-hydrogen) atoms. The van der Waals surface area contributed by atoms with Crippen molar-refractivity contribution >= 4 is 33.2 Å². The lowest BCUT2D eigenvalue weighted by molar-refractivity contribution is 0.626. The molecule has 3 aromatic rings. The Hall–Kier alpha value is -2.08. The van der Waals surface area contributed by atoms with Crippen molar-refractivity contribution < 1.29 is 4.39 Å². The third-order valence-electron chi connectivity index (χ3n) is 3.48. The molecule has 1 aliphatic heterocycles. The molecule has 6 heteroatoms. The summed E-state index contributed by atoms with van der Waals surface area (Å²) in [4.78, 5) is 16.2. The van der Waals surface area contributed by atoms with E-state index in [9.17, 15) is 4.39 Å². The number of benzene rings is 1. The van der Waals surface area contributed by atoms with Crippen LogP contribution < -0.4 is 4.90 Å². The van der Waals surface area contributed by atoms with Gasteiger partial charge in [-0.25, -0.2) is 19.3 Å². The zero-order valence-corrected chi connectivity index (χ0v) is 11.6. The van der Waals surface area contributed by atoms with Crippen molar-refractivity contribution in [1.82, 2.24) is 15.0 Å². The van der Waals surface area contributed by atoms with Crippen LogP contribution in [0.25, 0.3) is 10.3 Å². The standard InChI is InChI=1S/C14H11FN4S/c1-8-18-12-13(16-7-17-14(12)20-8)19-5-4-9-6-10(15)2-3-11(9)19/h2-3,6-7H,4-5H2,1H3. The molecular formula is C14H11FN4S. The fourth-order valence-electron chi connectivity index (χ4n) is 2.63. The molecule has 0 fully saturated rings. The van der Waals surface area contributed by atoms with Gasteiger partial charge in [0.2, 0.25) is 0 Å². The Morgan fingerprint density at radius 1 is 1.30 bits per heavy atom. The van der Waals surface area contributed by atoms with Gasteiger partial charge in [-0.2, -0.15) is 0 Å². The van der Waals surface area contributed by atoms with Gasteiger partial charge in [0.1, 0.15) is 22.5 Å². The maximum absolute atomic E-state index is 13.3. The highest BCUT2D eigenvalue weighted by Gasteiger charge is 2.24. The van der Waals surface area contributed by atoms with E-state index in [1.807, 2.05) is 13.0 Å². The maximum Gasteiger partial charge on any atom is 0.163 e. The van der Waals surface area contributed by atoms with Crippen molar-refractivity contribution in [2.75, 3.05) is 11.4 Å². The van der Waals surface area contributed by atoms with Gasteiger partial charge in [0.25, 0.3) is 0 Å². The fraction of sp³-hybridized carbons (Fsp3) is 0.214. The lowest BCUT2D eigenvalue weighted by Crippen LogP contribution is -2.15. The first-order valence-corrected chi connectivity index (χ1v) is 7.18. The summed E-state index contributed by atoms with van der Waals surface area (Å²) in [7, 11) is 0. The predicted molar refractivity (Wildman–Crippen MR) is 77.1 cm³/mol. The first kappa shape index (κ1) is 11.7. The Morgan fingerprint density at radius 2 is 2.20 bits per heavy atom. The van der Waals surface area contributed by atoms with Crippen LogP contribution in [-0.2, 0) is 6.42 Å². The van der Waals surface area contributed by atoms with E-state index < -0.39 is 0 Å². The van der Waals surface area contributed by atoms with Crippen LogP contribution in [0.2, 0.25) is 0 Å². The Balaban J connectivity index is 1.90. The molecule has 0 saturated carbocycles. The second kappa shape index (κ2) is 4.21. The van der Waals surface area contributed by atoms with Crippen LogP contribution in [0.3, 0.4) is 0 Å². The topological polar surface area (TPSA) is 41.9 Å². The molecule has 100 valence electrons. The Kier molecular flexibility index (Phi) is 2.47. The summed E-state index contributed by atoms with van der Waals surface area (Å²) < 4.78 is 13.3. The number of fused-ring (bicyclic) bond motifs is 2. The fourth-order valence-corrected chi connectivity index (χ4v) is 3.38. The average Bonchev–Trinajstić information content (AvgIpc) is 2.99. The second-order valence-electron chi connectivity index (χ2n) is 4.76. The largest absolute Gasteiger partial charge is 0.324 e. The average molecular weight is 286 g/mol. The van der Waals surface area contributed by atoms with Gasteiger partial charge in [-0.3, -0.25) is 0 Å². The smallest absolute Gasteiger partial charge is 0.163 e. The van der Waals surface area contributed by atoms with E-state index in [0.29, 0.717) is 0 Å². The van der Waals surface area contributed by atoms with E-state index in [-0.39, 0.29) is 5.82 Å². The third-order valence-corrected chi connectivity index (χ3v) is 4.35. The number of anilines is 2. The van der Waals surface area contributed by atoms with Crippen molar-refractivity contribution in [2.45, 2.75) is 13.3 Å². The van der Waals surface area contributed by atoms with Crippen molar-refractivity contribution in [3.05, 3.63) is 40.9 Å². The number of rotatable bonds is 1. The molecule has 0 spiro atoms. The van der Waals surface area contributed by atoms with E-state index in [0.717, 1.165) is 45.4 Å². The van der Waals surface area contributed by atoms with Crippen LogP contribution in [0, 0.1) is 12.7 Å². The molecule has 1 aromatic carbocycles. The van der Waals surface area contributed by atoms with Crippen LogP contribution in [0.15, 0.2) is 24.5 Å². The van der Waals surface area contributed by atoms with E-state index in [2.05, 4.69) is 19.9 Å². The van der Waals surface area contributed by atoms with Crippen LogP contribution in [0.4, 0.5) is 15.9 Å². The monoisotopic (exact) mass is 286 g/mol. The zero-order valence-electron chi connectivity index (χ0n) is 10.8. The molecule has 0 amide bonds. The van der Waals surface area contributed by atoms with Gasteiger partial charge in [0.15, 0.2) is 5.82 Å². The molecule has 0 saturated heterocycles. The molecule has 0 unspecified atom stereocenters. The lowest BCUT2D eigenvalue weighted by Gasteiger charge is -2.18. The highest BCUT2D eigenvalue weighted by atomic mass is 32.1. The summed E-state index contributed by atoms with van der Waals surface area (Å²) in [6.45, 7) is 2.75. The number of nitrogens with zero attached hydrogens (tertiary/aromatic N) is 4. The molecule has 0 aliphatic carbocycles. The molecule has 0 N–H and O–H groups in total. The van der Waals surface area contributed by atoms with Crippen LogP contribution in [0.5, 0.6) is 0 Å². The molecule has 4 nitrogen and oxygen atoms in total. The van der Waals surface area contributed by atoms with Crippen molar-refractivity contribution in [2.24, 2.45) is 0 Å². The van der Waals surface area contributed by atoms with Crippen molar-refractivity contribution in [3.8, 4) is 0 Å². The SMILES string of the molecule is Cc1nc2c(N3CCc4cc(F)ccc43)ncnc2s1. The number of hydrogen-bond acceptors (Lipinski definition) is 5. The highest BCUT2D eigenvalue weighted by Crippen LogP contribution is 2.37. The maximum atomic E-state index is 13.3. The third kappa shape index (κ3) is 1.68. The first-order valence-electron chi connectivity index (χ1n) is 6.36. The second-order valence-corrected chi connectivity index (χ2v) is 5.94. The number of aromatic nitrogens is 3. The van der Waals surface area contributed by atoms with Gasteiger partial charge in [-0.1, -0.05) is 11.3 Å². The lowest BCUT2D eigenvalue weighted by atomic mass is 10.2. The first-order chi connectivity index (χ1) is 9.72. The van der Waals surface area contributed by atoms with Crippen LogP contribution >= 0.6 is 11.3 Å². The van der Waals surface area contributed by atoms with E-state index in [1.54, 1.807) is 23.7 Å². The molecule has 0 atom stereocenters. The molecular weight excluding hydrogens is 275 g/mol. The number of thiazole rings is 1. The van der Waals surface area contributed by atoms with E-state index in [4.69, 9.17) is 0 Å². The van der Waals surface area contributed by atoms with Gasteiger partial charge < -0.3 is 4.90 Å². The normalized spacial score (nSPS) is 14.0. The summed E-state index contributed by atoms with van der Waals surface area (Å²) in [5.74, 6) is 0.618. The molecule has 0 bridgehead atoms. The van der Waals surface area contributed by atoms with Gasteiger partial charge >= 0.3 is 0 Å². The molecule has 3 heterocycles. The minimum atomic E-state index is -0.192. The number of hydrogen-bond donors (Lipinski definition) is 0. The van der Waals surface area contributed by atoms with Gasteiger partial charge in [0.05, 0.1) is 5.01 Å². The molecule has 4 rings (SSSR count). The highest BCUT2D eigenvalue weighted by molar-refractivity contribution is 7.18. The predicted octanol–water partition coefficient (Wildman–Crippen LogP) is 3.23. The Labute approximate surface area is 118 Å². The van der Waals surface area contributed by atoms with Crippen molar-refractivity contribution in [3.63, 3.8) is 0 Å². The molecule has 2 aromatic heterocycles. The van der Waals surface area contributed by atoms with E-state index in [1.165, 1.54) is 6.07 Å². The van der Waals surface area contributed by atoms with Gasteiger partial charge in [0, 0.05) is 12.2 Å². The van der Waals surface area contributed by atoms with Crippen LogP contribution in [-0.4, -0.2) is 21.5 Å². The summed E-state index contributed by atoms with van der Waals surface area (Å²) >= 11 is 1.56. The number of halogens is 1. The summed E-state index contributed by atoms with van der Waals surface area (Å²) in [5, 5.41) is 0.972. The Morgan fingerprint density at radius 3 is 3.10 bits per heavy atom. The van der Waals surface area contributed by atoms with Gasteiger partial charge in [-0.15, -0.1) is 0 Å². The van der Waals surface area contributed by atoms with Crippen LogP contribution in [0.1, 0.15) is 10.6 Å². The Bertz CT molecular complexity index is 814. The summed E-state index contributed by atoms with van der Waals surface area (Å²) in [6, 6.07) is 4.90. The quantitative estimate of drug-likeness (QED) is 0.689. The van der Waals surface area contributed by atoms with E-state index >= 15 is 0 Å². The minimum Gasteiger partial charge on any atom is -0.324 e. The molecule has 1 aliphatic rings. The summed E-state index contributed by atoms with van der Waals surface area (Å²) in [5.41, 5.74) is 2.85. The van der Waals surface area contributed by atoms with Crippen molar-refractivity contribution in [1.29, 1.82) is 0 Å². The minimum absolute atomic E-state index is 0.192.